The van der Waals surface area contributed by atoms with Gasteiger partial charge in [0.05, 0.1) is 12.6 Å². The number of halogens is 1. The lowest BCUT2D eigenvalue weighted by Crippen LogP contribution is -2.33. The van der Waals surface area contributed by atoms with E-state index < -0.39 is 0 Å². The van der Waals surface area contributed by atoms with Gasteiger partial charge in [0, 0.05) is 12.5 Å². The Morgan fingerprint density at radius 3 is 2.90 bits per heavy atom. The minimum Gasteiger partial charge on any atom is -0.362 e. The zero-order valence-corrected chi connectivity index (χ0v) is 11.6. The van der Waals surface area contributed by atoms with Crippen molar-refractivity contribution in [3.05, 3.63) is 53.5 Å². The fraction of sp³-hybridized carbons (Fsp3) is 0.412. The van der Waals surface area contributed by atoms with Gasteiger partial charge in [0.1, 0.15) is 23.1 Å². The predicted octanol–water partition coefficient (Wildman–Crippen LogP) is 2.11. The number of carbonyl (C=O) groups excluding carboxylic acids is 1. The molecule has 3 unspecified atom stereocenters. The van der Waals surface area contributed by atoms with Crippen LogP contribution in [-0.2, 0) is 16.0 Å². The predicted molar refractivity (Wildman–Crippen MR) is 75.7 cm³/mol. The molecule has 3 nitrogen and oxygen atoms in total. The lowest BCUT2D eigenvalue weighted by molar-refractivity contribution is 0.0239. The molecule has 4 rings (SSSR count). The van der Waals surface area contributed by atoms with E-state index in [1.165, 1.54) is 12.1 Å². The fourth-order valence-electron chi connectivity index (χ4n) is 3.78. The molecule has 108 valence electrons. The van der Waals surface area contributed by atoms with Crippen LogP contribution in [0, 0.1) is 11.7 Å². The Morgan fingerprint density at radius 2 is 2.19 bits per heavy atom. The highest BCUT2D eigenvalue weighted by atomic mass is 19.1. The van der Waals surface area contributed by atoms with Gasteiger partial charge in [0.25, 0.3) is 0 Å². The largest absolute Gasteiger partial charge is 0.362 e. The van der Waals surface area contributed by atoms with Crippen molar-refractivity contribution in [1.29, 1.82) is 0 Å². The molecule has 21 heavy (non-hydrogen) atoms. The number of likely N-dealkylation sites (tertiary alicyclic amines) is 1. The van der Waals surface area contributed by atoms with Gasteiger partial charge in [-0.3, -0.25) is 0 Å². The van der Waals surface area contributed by atoms with E-state index in [1.54, 1.807) is 12.1 Å². The van der Waals surface area contributed by atoms with Gasteiger partial charge in [0.15, 0.2) is 0 Å². The van der Waals surface area contributed by atoms with Gasteiger partial charge >= 0.3 is 0 Å². The van der Waals surface area contributed by atoms with Crippen LogP contribution < -0.4 is 0 Å². The van der Waals surface area contributed by atoms with Gasteiger partial charge in [-0.05, 0) is 30.5 Å². The molecule has 1 aromatic carbocycles. The Balaban J connectivity index is 1.50. The third-order valence-electron chi connectivity index (χ3n) is 4.82. The van der Waals surface area contributed by atoms with Crippen LogP contribution in [0.2, 0.25) is 0 Å². The van der Waals surface area contributed by atoms with Gasteiger partial charge in [-0.15, -0.1) is 0 Å². The van der Waals surface area contributed by atoms with Gasteiger partial charge in [-0.25, -0.2) is 9.18 Å². The zero-order valence-electron chi connectivity index (χ0n) is 11.6. The molecular weight excluding hydrogens is 269 g/mol. The molecular formula is C17H16FNO2. The highest BCUT2D eigenvalue weighted by molar-refractivity contribution is 5.57. The number of hydrogen-bond donors (Lipinski definition) is 0. The SMILES string of the molecule is O=C=C1C2CC3C=CC2(CN1CCc1ccc(F)cc1)O3. The minimum absolute atomic E-state index is 0.151. The molecule has 0 aliphatic carbocycles. The quantitative estimate of drug-likeness (QED) is 0.629. The van der Waals surface area contributed by atoms with Crippen molar-refractivity contribution in [1.82, 2.24) is 4.90 Å². The lowest BCUT2D eigenvalue weighted by Gasteiger charge is -2.22. The smallest absolute Gasteiger partial charge is 0.146 e. The standard InChI is InChI=1S/C17H16FNO2/c18-13-3-1-12(2-4-13)6-8-19-11-17-7-5-14(21-17)9-15(17)16(19)10-20/h1-5,7,14-15H,6,8-9,11H2. The van der Waals surface area contributed by atoms with E-state index in [1.807, 2.05) is 0 Å². The fourth-order valence-corrected chi connectivity index (χ4v) is 3.78. The average Bonchev–Trinajstić information content (AvgIpc) is 3.13. The van der Waals surface area contributed by atoms with Crippen molar-refractivity contribution in [3.8, 4) is 0 Å². The first kappa shape index (κ1) is 12.8. The van der Waals surface area contributed by atoms with Crippen LogP contribution in [0.15, 0.2) is 42.1 Å². The van der Waals surface area contributed by atoms with Crippen molar-refractivity contribution < 1.29 is 13.9 Å². The maximum absolute atomic E-state index is 12.9. The maximum atomic E-state index is 12.9. The first-order chi connectivity index (χ1) is 10.2. The van der Waals surface area contributed by atoms with E-state index in [9.17, 15) is 9.18 Å². The first-order valence-electron chi connectivity index (χ1n) is 7.32. The van der Waals surface area contributed by atoms with Crippen LogP contribution in [0.1, 0.15) is 12.0 Å². The third-order valence-corrected chi connectivity index (χ3v) is 4.82. The van der Waals surface area contributed by atoms with E-state index in [0.29, 0.717) is 0 Å². The Kier molecular flexibility index (Phi) is 2.78. The highest BCUT2D eigenvalue weighted by Gasteiger charge is 2.58. The maximum Gasteiger partial charge on any atom is 0.146 e. The van der Waals surface area contributed by atoms with Gasteiger partial charge in [0.2, 0.25) is 0 Å². The molecule has 0 aromatic heterocycles. The molecule has 1 aromatic rings. The van der Waals surface area contributed by atoms with Gasteiger partial charge in [-0.1, -0.05) is 24.3 Å². The molecule has 0 radical (unpaired) electrons. The Bertz CT molecular complexity index is 647. The molecule has 3 heterocycles. The summed E-state index contributed by atoms with van der Waals surface area (Å²) in [5.41, 5.74) is 1.50. The summed E-state index contributed by atoms with van der Waals surface area (Å²) in [5, 5.41) is 0. The van der Waals surface area contributed by atoms with Crippen molar-refractivity contribution in [2.24, 2.45) is 5.92 Å². The molecule has 2 fully saturated rings. The van der Waals surface area contributed by atoms with E-state index in [-0.39, 0.29) is 23.4 Å². The van der Waals surface area contributed by atoms with Gasteiger partial charge in [-0.2, -0.15) is 0 Å². The van der Waals surface area contributed by atoms with Crippen molar-refractivity contribution in [2.75, 3.05) is 13.1 Å². The summed E-state index contributed by atoms with van der Waals surface area (Å²) in [7, 11) is 0. The molecule has 2 saturated heterocycles. The summed E-state index contributed by atoms with van der Waals surface area (Å²) in [5.74, 6) is 2.06. The van der Waals surface area contributed by atoms with Crippen LogP contribution in [-0.4, -0.2) is 35.6 Å². The van der Waals surface area contributed by atoms with Crippen LogP contribution in [0.4, 0.5) is 4.39 Å². The summed E-state index contributed by atoms with van der Waals surface area (Å²) in [6, 6.07) is 6.51. The van der Waals surface area contributed by atoms with Crippen LogP contribution in [0.3, 0.4) is 0 Å². The molecule has 0 N–H and O–H groups in total. The molecule has 3 atom stereocenters. The second-order valence-electron chi connectivity index (χ2n) is 6.04. The minimum atomic E-state index is -0.305. The van der Waals surface area contributed by atoms with Gasteiger partial charge < -0.3 is 9.64 Å². The lowest BCUT2D eigenvalue weighted by atomic mass is 9.84. The number of rotatable bonds is 3. The Labute approximate surface area is 122 Å². The summed E-state index contributed by atoms with van der Waals surface area (Å²) in [6.07, 6.45) is 6.04. The zero-order chi connectivity index (χ0) is 14.4. The number of ether oxygens (including phenoxy) is 1. The summed E-state index contributed by atoms with van der Waals surface area (Å²) in [6.45, 7) is 1.45. The molecule has 4 heteroatoms. The van der Waals surface area contributed by atoms with E-state index in [4.69, 9.17) is 4.74 Å². The van der Waals surface area contributed by atoms with Crippen LogP contribution in [0.25, 0.3) is 0 Å². The van der Waals surface area contributed by atoms with Crippen LogP contribution >= 0.6 is 0 Å². The highest BCUT2D eigenvalue weighted by Crippen LogP contribution is 2.51. The summed E-state index contributed by atoms with van der Waals surface area (Å²) < 4.78 is 18.9. The topological polar surface area (TPSA) is 29.5 Å². The van der Waals surface area contributed by atoms with E-state index in [0.717, 1.165) is 37.2 Å². The molecule has 3 aliphatic heterocycles. The second-order valence-corrected chi connectivity index (χ2v) is 6.04. The first-order valence-corrected chi connectivity index (χ1v) is 7.32. The second kappa shape index (κ2) is 4.55. The van der Waals surface area contributed by atoms with Crippen molar-refractivity contribution in [3.63, 3.8) is 0 Å². The monoisotopic (exact) mass is 285 g/mol. The van der Waals surface area contributed by atoms with Crippen molar-refractivity contribution >= 4 is 5.94 Å². The number of fused-ring (bicyclic) bond motifs is 1. The summed E-state index contributed by atoms with van der Waals surface area (Å²) >= 11 is 0. The molecule has 1 spiro atoms. The Morgan fingerprint density at radius 1 is 1.38 bits per heavy atom. The molecule has 3 aliphatic rings. The van der Waals surface area contributed by atoms with E-state index in [2.05, 4.69) is 23.0 Å². The molecule has 0 amide bonds. The summed E-state index contributed by atoms with van der Waals surface area (Å²) in [4.78, 5) is 13.4. The molecule has 2 bridgehead atoms. The third kappa shape index (κ3) is 1.95. The normalized spacial score (nSPS) is 32.6. The van der Waals surface area contributed by atoms with E-state index >= 15 is 0 Å². The Hall–Kier alpha value is -1.90. The van der Waals surface area contributed by atoms with Crippen molar-refractivity contribution in [2.45, 2.75) is 24.5 Å². The number of hydrogen-bond acceptors (Lipinski definition) is 3. The molecule has 0 saturated carbocycles. The number of nitrogens with zero attached hydrogens (tertiary/aromatic N) is 1. The van der Waals surface area contributed by atoms with Crippen LogP contribution in [0.5, 0.6) is 0 Å². The average molecular weight is 285 g/mol. The number of benzene rings is 1.